The van der Waals surface area contributed by atoms with Gasteiger partial charge in [0.15, 0.2) is 5.76 Å². The topological polar surface area (TPSA) is 63.3 Å². The lowest BCUT2D eigenvalue weighted by Crippen LogP contribution is -2.04. The second-order valence-corrected chi connectivity index (χ2v) is 5.20. The molecule has 0 spiro atoms. The van der Waals surface area contributed by atoms with E-state index in [0.29, 0.717) is 23.3 Å². The first kappa shape index (κ1) is 14.2. The molecule has 0 aliphatic carbocycles. The van der Waals surface area contributed by atoms with Gasteiger partial charge in [-0.1, -0.05) is 31.1 Å². The molecule has 1 aromatic heterocycles. The summed E-state index contributed by atoms with van der Waals surface area (Å²) in [6.07, 6.45) is 0.475. The second-order valence-electron chi connectivity index (χ2n) is 5.20. The van der Waals surface area contributed by atoms with Crippen molar-refractivity contribution in [3.05, 3.63) is 40.9 Å². The van der Waals surface area contributed by atoms with Gasteiger partial charge in [-0.2, -0.15) is 0 Å². The number of aromatic carboxylic acids is 1. The van der Waals surface area contributed by atoms with Gasteiger partial charge in [0, 0.05) is 12.0 Å². The third-order valence-electron chi connectivity index (χ3n) is 3.02. The number of carbonyl (C=O) groups is 1. The van der Waals surface area contributed by atoms with Crippen LogP contribution in [-0.4, -0.2) is 16.2 Å². The van der Waals surface area contributed by atoms with Crippen molar-refractivity contribution in [2.24, 2.45) is 5.92 Å². The van der Waals surface area contributed by atoms with E-state index >= 15 is 0 Å². The molecule has 1 aromatic carbocycles. The van der Waals surface area contributed by atoms with Crippen LogP contribution in [0.5, 0.6) is 0 Å². The van der Waals surface area contributed by atoms with E-state index in [1.165, 1.54) is 6.07 Å². The van der Waals surface area contributed by atoms with Crippen molar-refractivity contribution in [1.29, 1.82) is 0 Å². The fourth-order valence-electron chi connectivity index (χ4n) is 1.99. The molecule has 0 fully saturated rings. The van der Waals surface area contributed by atoms with Gasteiger partial charge in [-0.15, -0.1) is 0 Å². The van der Waals surface area contributed by atoms with Gasteiger partial charge in [0.05, 0.1) is 0 Å². The Balaban J connectivity index is 2.53. The van der Waals surface area contributed by atoms with Gasteiger partial charge in [0.2, 0.25) is 0 Å². The summed E-state index contributed by atoms with van der Waals surface area (Å²) < 4.78 is 18.7. The van der Waals surface area contributed by atoms with Gasteiger partial charge in [0.25, 0.3) is 0 Å². The highest BCUT2D eigenvalue weighted by molar-refractivity contribution is 5.95. The Morgan fingerprint density at radius 1 is 1.45 bits per heavy atom. The smallest absolute Gasteiger partial charge is 0.341 e. The van der Waals surface area contributed by atoms with Crippen molar-refractivity contribution < 1.29 is 18.8 Å². The van der Waals surface area contributed by atoms with E-state index in [4.69, 9.17) is 4.52 Å². The maximum absolute atomic E-state index is 13.6. The highest BCUT2D eigenvalue weighted by Gasteiger charge is 2.24. The predicted octanol–water partition coefficient (Wildman–Crippen LogP) is 3.69. The van der Waals surface area contributed by atoms with Gasteiger partial charge in [-0.3, -0.25) is 0 Å². The number of aryl methyl sites for hydroxylation is 1. The molecule has 0 atom stereocenters. The van der Waals surface area contributed by atoms with Gasteiger partial charge in [-0.25, -0.2) is 9.18 Å². The molecule has 1 heterocycles. The van der Waals surface area contributed by atoms with Crippen LogP contribution in [0.25, 0.3) is 11.3 Å². The zero-order chi connectivity index (χ0) is 14.9. The van der Waals surface area contributed by atoms with Crippen LogP contribution in [0.2, 0.25) is 0 Å². The Kier molecular flexibility index (Phi) is 3.88. The summed E-state index contributed by atoms with van der Waals surface area (Å²) in [7, 11) is 0. The molecule has 20 heavy (non-hydrogen) atoms. The molecule has 106 valence electrons. The monoisotopic (exact) mass is 277 g/mol. The second kappa shape index (κ2) is 5.45. The number of hydrogen-bond acceptors (Lipinski definition) is 3. The molecule has 5 heteroatoms. The summed E-state index contributed by atoms with van der Waals surface area (Å²) in [5.74, 6) is -0.947. The number of carboxylic acid groups (broad SMARTS) is 1. The van der Waals surface area contributed by atoms with Crippen molar-refractivity contribution in [1.82, 2.24) is 5.16 Å². The molecule has 0 unspecified atom stereocenters. The molecule has 0 aliphatic rings. The SMILES string of the molecule is Cc1ccc(-c2noc(CC(C)C)c2C(=O)O)cc1F. The minimum atomic E-state index is -1.11. The zero-order valence-corrected chi connectivity index (χ0v) is 11.6. The standard InChI is InChI=1S/C15H16FNO3/c1-8(2)6-12-13(15(18)19)14(17-20-12)10-5-4-9(3)11(16)7-10/h4-5,7-8H,6H2,1-3H3,(H,18,19). The van der Waals surface area contributed by atoms with Gasteiger partial charge in [-0.05, 0) is 24.5 Å². The third-order valence-corrected chi connectivity index (χ3v) is 3.02. The number of halogens is 1. The van der Waals surface area contributed by atoms with Crippen molar-refractivity contribution in [3.63, 3.8) is 0 Å². The average molecular weight is 277 g/mol. The Bertz CT molecular complexity index is 647. The van der Waals surface area contributed by atoms with E-state index in [1.807, 2.05) is 13.8 Å². The molecule has 2 aromatic rings. The molecular weight excluding hydrogens is 261 g/mol. The van der Waals surface area contributed by atoms with Crippen molar-refractivity contribution in [2.75, 3.05) is 0 Å². The van der Waals surface area contributed by atoms with Gasteiger partial charge in [0.1, 0.15) is 17.1 Å². The van der Waals surface area contributed by atoms with Crippen LogP contribution in [0.4, 0.5) is 4.39 Å². The Morgan fingerprint density at radius 2 is 2.15 bits per heavy atom. The lowest BCUT2D eigenvalue weighted by molar-refractivity contribution is 0.0695. The van der Waals surface area contributed by atoms with Crippen LogP contribution < -0.4 is 0 Å². The summed E-state index contributed by atoms with van der Waals surface area (Å²) in [5, 5.41) is 13.1. The van der Waals surface area contributed by atoms with Crippen LogP contribution in [0, 0.1) is 18.7 Å². The summed E-state index contributed by atoms with van der Waals surface area (Å²) >= 11 is 0. The minimum Gasteiger partial charge on any atom is -0.477 e. The first-order chi connectivity index (χ1) is 9.40. The van der Waals surface area contributed by atoms with Gasteiger partial charge >= 0.3 is 5.97 Å². The lowest BCUT2D eigenvalue weighted by Gasteiger charge is -2.03. The van der Waals surface area contributed by atoms with E-state index in [9.17, 15) is 14.3 Å². The van der Waals surface area contributed by atoms with Crippen LogP contribution in [0.15, 0.2) is 22.7 Å². The first-order valence-electron chi connectivity index (χ1n) is 6.38. The highest BCUT2D eigenvalue weighted by Crippen LogP contribution is 2.28. The Hall–Kier alpha value is -2.17. The molecule has 0 saturated heterocycles. The number of hydrogen-bond donors (Lipinski definition) is 1. The molecule has 0 amide bonds. The average Bonchev–Trinajstić information content (AvgIpc) is 2.75. The fraction of sp³-hybridized carbons (Fsp3) is 0.333. The number of rotatable bonds is 4. The number of aromatic nitrogens is 1. The predicted molar refractivity (Wildman–Crippen MR) is 72.1 cm³/mol. The largest absolute Gasteiger partial charge is 0.477 e. The van der Waals surface area contributed by atoms with E-state index in [2.05, 4.69) is 5.16 Å². The maximum atomic E-state index is 13.6. The quantitative estimate of drug-likeness (QED) is 0.925. The Labute approximate surface area is 116 Å². The molecule has 2 rings (SSSR count). The maximum Gasteiger partial charge on any atom is 0.341 e. The molecule has 0 aliphatic heterocycles. The Morgan fingerprint density at radius 3 is 2.70 bits per heavy atom. The third kappa shape index (κ3) is 2.71. The zero-order valence-electron chi connectivity index (χ0n) is 11.6. The van der Waals surface area contributed by atoms with Crippen molar-refractivity contribution in [3.8, 4) is 11.3 Å². The lowest BCUT2D eigenvalue weighted by atomic mass is 10.0. The minimum absolute atomic E-state index is 0.0157. The van der Waals surface area contributed by atoms with Gasteiger partial charge < -0.3 is 9.63 Å². The molecule has 1 N–H and O–H groups in total. The van der Waals surface area contributed by atoms with E-state index in [1.54, 1.807) is 19.1 Å². The van der Waals surface area contributed by atoms with E-state index < -0.39 is 11.8 Å². The van der Waals surface area contributed by atoms with Crippen molar-refractivity contribution >= 4 is 5.97 Å². The summed E-state index contributed by atoms with van der Waals surface area (Å²) in [5.41, 5.74) is 1.09. The summed E-state index contributed by atoms with van der Waals surface area (Å²) in [6, 6.07) is 4.51. The number of carboxylic acids is 1. The molecule has 0 radical (unpaired) electrons. The summed E-state index contributed by atoms with van der Waals surface area (Å²) in [6.45, 7) is 5.56. The van der Waals surface area contributed by atoms with Crippen LogP contribution in [-0.2, 0) is 6.42 Å². The molecule has 4 nitrogen and oxygen atoms in total. The molecule has 0 saturated carbocycles. The molecule has 0 bridgehead atoms. The van der Waals surface area contributed by atoms with E-state index in [-0.39, 0.29) is 17.2 Å². The number of nitrogens with zero attached hydrogens (tertiary/aromatic N) is 1. The number of benzene rings is 1. The molecular formula is C15H16FNO3. The fourth-order valence-corrected chi connectivity index (χ4v) is 1.99. The van der Waals surface area contributed by atoms with Crippen molar-refractivity contribution in [2.45, 2.75) is 27.2 Å². The van der Waals surface area contributed by atoms with Crippen LogP contribution in [0.1, 0.15) is 35.5 Å². The first-order valence-corrected chi connectivity index (χ1v) is 6.38. The summed E-state index contributed by atoms with van der Waals surface area (Å²) in [4.78, 5) is 11.4. The highest BCUT2D eigenvalue weighted by atomic mass is 19.1. The normalized spacial score (nSPS) is 11.1. The van der Waals surface area contributed by atoms with Crippen LogP contribution in [0.3, 0.4) is 0 Å². The van der Waals surface area contributed by atoms with E-state index in [0.717, 1.165) is 0 Å². The van der Waals surface area contributed by atoms with Crippen LogP contribution >= 0.6 is 0 Å².